The van der Waals surface area contributed by atoms with Crippen LogP contribution in [-0.2, 0) is 10.0 Å². The molecule has 0 radical (unpaired) electrons. The fourth-order valence-corrected chi connectivity index (χ4v) is 4.14. The lowest BCUT2D eigenvalue weighted by Crippen LogP contribution is -2.38. The van der Waals surface area contributed by atoms with Crippen molar-refractivity contribution in [2.45, 2.75) is 42.7 Å². The number of halogens is 1. The average Bonchev–Trinajstić information content (AvgIpc) is 2.40. The highest BCUT2D eigenvalue weighted by Crippen LogP contribution is 2.27. The van der Waals surface area contributed by atoms with Crippen LogP contribution in [0.4, 0.5) is 5.69 Å². The number of sulfonamides is 1. The van der Waals surface area contributed by atoms with E-state index in [1.165, 1.54) is 0 Å². The molecule has 116 valence electrons. The number of nitrogens with one attached hydrogen (secondary N) is 1. The molecule has 7 nitrogen and oxygen atoms in total. The number of benzene rings is 1. The summed E-state index contributed by atoms with van der Waals surface area (Å²) in [6.07, 6.45) is 1.80. The molecule has 0 heterocycles. The van der Waals surface area contributed by atoms with Crippen LogP contribution in [0.15, 0.2) is 23.1 Å². The first-order valence-corrected chi connectivity index (χ1v) is 8.30. The molecule has 1 fully saturated rings. The van der Waals surface area contributed by atoms with Crippen LogP contribution in [0.5, 0.6) is 0 Å². The minimum Gasteiger partial charge on any atom is -0.393 e. The summed E-state index contributed by atoms with van der Waals surface area (Å²) in [5.41, 5.74) is -0.264. The van der Waals surface area contributed by atoms with Crippen LogP contribution in [0.1, 0.15) is 25.7 Å². The van der Waals surface area contributed by atoms with Gasteiger partial charge in [0.25, 0.3) is 5.69 Å². The van der Waals surface area contributed by atoms with Gasteiger partial charge in [-0.2, -0.15) is 0 Å². The summed E-state index contributed by atoms with van der Waals surface area (Å²) in [6.45, 7) is 0. The van der Waals surface area contributed by atoms with E-state index in [-0.39, 0.29) is 27.8 Å². The Hall–Kier alpha value is -1.22. The predicted octanol–water partition coefficient (Wildman–Crippen LogP) is 1.83. The number of aliphatic hydroxyl groups is 1. The Morgan fingerprint density at radius 2 is 1.90 bits per heavy atom. The van der Waals surface area contributed by atoms with Crippen molar-refractivity contribution in [2.24, 2.45) is 0 Å². The van der Waals surface area contributed by atoms with Crippen molar-refractivity contribution in [3.8, 4) is 0 Å². The Bertz CT molecular complexity index is 641. The second-order valence-corrected chi connectivity index (χ2v) is 7.09. The van der Waals surface area contributed by atoms with Crippen LogP contribution in [-0.4, -0.2) is 30.6 Å². The molecule has 1 aromatic carbocycles. The summed E-state index contributed by atoms with van der Waals surface area (Å²) in [5, 5.41) is 19.8. The van der Waals surface area contributed by atoms with E-state index < -0.39 is 14.9 Å². The van der Waals surface area contributed by atoms with Crippen molar-refractivity contribution in [1.82, 2.24) is 4.72 Å². The molecule has 0 aromatic heterocycles. The SMILES string of the molecule is O=[N+]([O-])c1ccc(S(=O)(=O)NC2CCC(O)CC2)c(Cl)c1. The smallest absolute Gasteiger partial charge is 0.271 e. The standard InChI is InChI=1S/C12H15ClN2O5S/c13-11-7-9(15(17)18)3-6-12(11)21(19,20)14-8-1-4-10(16)5-2-8/h3,6-8,10,14,16H,1-2,4-5H2. The highest BCUT2D eigenvalue weighted by molar-refractivity contribution is 7.89. The molecule has 0 saturated heterocycles. The number of nitro benzene ring substituents is 1. The second-order valence-electron chi connectivity index (χ2n) is 5.00. The normalized spacial score (nSPS) is 23.0. The maximum Gasteiger partial charge on any atom is 0.271 e. The first-order valence-electron chi connectivity index (χ1n) is 6.44. The van der Waals surface area contributed by atoms with E-state index in [0.717, 1.165) is 18.2 Å². The van der Waals surface area contributed by atoms with Gasteiger partial charge in [-0.3, -0.25) is 10.1 Å². The van der Waals surface area contributed by atoms with Crippen molar-refractivity contribution in [2.75, 3.05) is 0 Å². The topological polar surface area (TPSA) is 110 Å². The summed E-state index contributed by atoms with van der Waals surface area (Å²) >= 11 is 5.84. The van der Waals surface area contributed by atoms with Gasteiger partial charge in [0.1, 0.15) is 4.90 Å². The van der Waals surface area contributed by atoms with Gasteiger partial charge >= 0.3 is 0 Å². The Labute approximate surface area is 127 Å². The molecule has 1 aliphatic carbocycles. The fraction of sp³-hybridized carbons (Fsp3) is 0.500. The zero-order chi connectivity index (χ0) is 15.6. The van der Waals surface area contributed by atoms with E-state index in [4.69, 9.17) is 11.6 Å². The third-order valence-electron chi connectivity index (χ3n) is 3.43. The molecule has 2 N–H and O–H groups in total. The van der Waals surface area contributed by atoms with Gasteiger partial charge in [-0.05, 0) is 31.7 Å². The average molecular weight is 335 g/mol. The molecule has 0 atom stereocenters. The Morgan fingerprint density at radius 1 is 1.29 bits per heavy atom. The summed E-state index contributed by atoms with van der Waals surface area (Å²) < 4.78 is 27.0. The molecule has 9 heteroatoms. The van der Waals surface area contributed by atoms with Crippen molar-refractivity contribution in [1.29, 1.82) is 0 Å². The minimum atomic E-state index is -3.84. The molecule has 0 amide bonds. The van der Waals surface area contributed by atoms with E-state index in [1.54, 1.807) is 0 Å². The number of nitrogens with zero attached hydrogens (tertiary/aromatic N) is 1. The summed E-state index contributed by atoms with van der Waals surface area (Å²) in [6, 6.07) is 2.98. The van der Waals surface area contributed by atoms with Crippen molar-refractivity contribution >= 4 is 27.3 Å². The summed E-state index contributed by atoms with van der Waals surface area (Å²) in [7, 11) is -3.84. The Morgan fingerprint density at radius 3 is 2.43 bits per heavy atom. The zero-order valence-corrected chi connectivity index (χ0v) is 12.6. The Kier molecular flexibility index (Phi) is 4.82. The van der Waals surface area contributed by atoms with Crippen LogP contribution in [0.25, 0.3) is 0 Å². The number of hydrogen-bond acceptors (Lipinski definition) is 5. The van der Waals surface area contributed by atoms with Crippen molar-refractivity contribution in [3.63, 3.8) is 0 Å². The first-order chi connectivity index (χ1) is 9.79. The van der Waals surface area contributed by atoms with Crippen LogP contribution < -0.4 is 4.72 Å². The zero-order valence-electron chi connectivity index (χ0n) is 11.0. The van der Waals surface area contributed by atoms with Crippen molar-refractivity contribution < 1.29 is 18.4 Å². The molecule has 2 rings (SSSR count). The van der Waals surface area contributed by atoms with Gasteiger partial charge < -0.3 is 5.11 Å². The van der Waals surface area contributed by atoms with Gasteiger partial charge in [-0.15, -0.1) is 0 Å². The summed E-state index contributed by atoms with van der Waals surface area (Å²) in [4.78, 5) is 9.80. The third-order valence-corrected chi connectivity index (χ3v) is 5.44. The van der Waals surface area contributed by atoms with E-state index in [0.29, 0.717) is 25.7 Å². The van der Waals surface area contributed by atoms with Crippen LogP contribution in [0.2, 0.25) is 5.02 Å². The molecule has 21 heavy (non-hydrogen) atoms. The number of aliphatic hydroxyl groups excluding tert-OH is 1. The molecule has 1 saturated carbocycles. The van der Waals surface area contributed by atoms with Gasteiger partial charge in [0.05, 0.1) is 16.0 Å². The second kappa shape index (κ2) is 6.27. The maximum absolute atomic E-state index is 12.3. The number of hydrogen-bond donors (Lipinski definition) is 2. The fourth-order valence-electron chi connectivity index (χ4n) is 2.30. The van der Waals surface area contributed by atoms with Crippen LogP contribution >= 0.6 is 11.6 Å². The van der Waals surface area contributed by atoms with E-state index in [2.05, 4.69) is 4.72 Å². The van der Waals surface area contributed by atoms with E-state index >= 15 is 0 Å². The molecule has 0 aliphatic heterocycles. The van der Waals surface area contributed by atoms with E-state index in [9.17, 15) is 23.6 Å². The van der Waals surface area contributed by atoms with Gasteiger partial charge in [0.15, 0.2) is 0 Å². The molecule has 1 aliphatic rings. The monoisotopic (exact) mass is 334 g/mol. The Balaban J connectivity index is 2.18. The molecule has 1 aromatic rings. The molecular weight excluding hydrogens is 320 g/mol. The van der Waals surface area contributed by atoms with Gasteiger partial charge in [0, 0.05) is 18.2 Å². The minimum absolute atomic E-state index is 0.180. The molecule has 0 spiro atoms. The lowest BCUT2D eigenvalue weighted by atomic mass is 9.94. The van der Waals surface area contributed by atoms with Crippen LogP contribution in [0, 0.1) is 10.1 Å². The van der Waals surface area contributed by atoms with Gasteiger partial charge in [0.2, 0.25) is 10.0 Å². The lowest BCUT2D eigenvalue weighted by Gasteiger charge is -2.26. The third kappa shape index (κ3) is 3.91. The number of non-ortho nitro benzene ring substituents is 1. The highest BCUT2D eigenvalue weighted by atomic mass is 35.5. The first kappa shape index (κ1) is 16.2. The quantitative estimate of drug-likeness (QED) is 0.644. The largest absolute Gasteiger partial charge is 0.393 e. The predicted molar refractivity (Wildman–Crippen MR) is 76.7 cm³/mol. The molecular formula is C12H15ClN2O5S. The highest BCUT2D eigenvalue weighted by Gasteiger charge is 2.26. The van der Waals surface area contributed by atoms with Gasteiger partial charge in [-0.1, -0.05) is 11.6 Å². The number of nitro groups is 1. The van der Waals surface area contributed by atoms with Crippen molar-refractivity contribution in [3.05, 3.63) is 33.3 Å². The maximum atomic E-state index is 12.3. The van der Waals surface area contributed by atoms with E-state index in [1.807, 2.05) is 0 Å². The number of rotatable bonds is 4. The van der Waals surface area contributed by atoms with Crippen LogP contribution in [0.3, 0.4) is 0 Å². The molecule has 0 unspecified atom stereocenters. The molecule has 0 bridgehead atoms. The van der Waals surface area contributed by atoms with Gasteiger partial charge in [-0.25, -0.2) is 13.1 Å². The summed E-state index contributed by atoms with van der Waals surface area (Å²) in [5.74, 6) is 0. The lowest BCUT2D eigenvalue weighted by molar-refractivity contribution is -0.384.